The van der Waals surface area contributed by atoms with Crippen molar-refractivity contribution in [1.29, 1.82) is 0 Å². The molecular formula is C62H101NO11. The summed E-state index contributed by atoms with van der Waals surface area (Å²) in [5, 5.41) is 11.7. The second-order valence-corrected chi connectivity index (χ2v) is 25.1. The fourth-order valence-corrected chi connectivity index (χ4v) is 11.7. The zero-order valence-corrected chi connectivity index (χ0v) is 48.8. The van der Waals surface area contributed by atoms with E-state index >= 15 is 4.79 Å². The van der Waals surface area contributed by atoms with Gasteiger partial charge in [-0.2, -0.15) is 0 Å². The molecule has 4 aliphatic rings. The standard InChI is InChI=1S/C62H101NO11/c1-39-23-19-18-20-24-40(2)54(69-17)37-50-28-26-46(8)62(73-50,74-61(14,15)16)57(66)58(67)63-30-22-21-25-51(63)59(68)72-55(38-52(64)42(4)34-45(7)56(65)48(10)47(9)41(3)33-39)44(6)36-49-27-29-53(43(5)35-49)70-31-32-71-60(11,12)13/h18-20,23-24,34,39,41-44,46,48-51,53-56,65H,9,21-22,25-33,35-38H2,1-8,10-17H3/b20-18+,23-19+,40-24+,45-34+/t39-,41-,42-,43-,44-,46-,48+,49-,50+,51+,53-,54+,55+,56-,62+/m1/s1. The van der Waals surface area contributed by atoms with Crippen LogP contribution in [-0.4, -0.2) is 114 Å². The Kier molecular flexibility index (Phi) is 24.3. The van der Waals surface area contributed by atoms with Gasteiger partial charge in [-0.3, -0.25) is 14.4 Å². The van der Waals surface area contributed by atoms with Crippen LogP contribution in [0.15, 0.2) is 59.8 Å². The lowest BCUT2D eigenvalue weighted by molar-refractivity contribution is -0.314. The highest BCUT2D eigenvalue weighted by atomic mass is 16.7. The number of fused-ring (bicyclic) bond motifs is 3. The molecule has 3 aliphatic heterocycles. The molecule has 0 aromatic heterocycles. The number of piperidine rings is 1. The van der Waals surface area contributed by atoms with Crippen molar-refractivity contribution in [2.24, 2.45) is 47.3 Å². The Balaban J connectivity index is 1.71. The molecular weight excluding hydrogens is 935 g/mol. The highest BCUT2D eigenvalue weighted by Crippen LogP contribution is 2.42. The zero-order chi connectivity index (χ0) is 55.3. The van der Waals surface area contributed by atoms with Crippen LogP contribution >= 0.6 is 0 Å². The van der Waals surface area contributed by atoms with Crippen molar-refractivity contribution in [3.05, 3.63) is 59.8 Å². The maximum atomic E-state index is 15.1. The lowest BCUT2D eigenvalue weighted by Crippen LogP contribution is -2.63. The number of carbonyl (C=O) groups excluding carboxylic acids is 4. The average molecular weight is 1040 g/mol. The molecule has 3 fully saturated rings. The van der Waals surface area contributed by atoms with Crippen LogP contribution in [-0.2, 0) is 47.6 Å². The van der Waals surface area contributed by atoms with Gasteiger partial charge in [-0.1, -0.05) is 97.1 Å². The lowest BCUT2D eigenvalue weighted by Gasteiger charge is -2.48. The molecule has 12 nitrogen and oxygen atoms in total. The third-order valence-corrected chi connectivity index (χ3v) is 16.3. The van der Waals surface area contributed by atoms with Crippen molar-refractivity contribution < 1.29 is 52.7 Å². The predicted molar refractivity (Wildman–Crippen MR) is 294 cm³/mol. The number of methoxy groups -OCH3 is 1. The SMILES string of the molecule is C=C1[C@H](C)C[C@H](C)/C=C/C=C/C=C(\C)[C@@H](OC)C[C@@H]2CC[C@@H](C)[C@@](OC(C)(C)C)(O2)C(=O)C(=O)N2CCCC[C@H]2C(=O)O[C@H]([C@H](C)C[C@@H]2CC[C@@H](OCCOC(C)(C)C)[C@H](C)C2)CC(=O)[C@H](C)/C=C(\C)[C@@H](O)[C@H]1C. The van der Waals surface area contributed by atoms with E-state index in [4.69, 9.17) is 28.4 Å². The topological polar surface area (TPSA) is 147 Å². The number of cyclic esters (lactones) is 1. The minimum atomic E-state index is -1.91. The summed E-state index contributed by atoms with van der Waals surface area (Å²) in [6.45, 7) is 35.5. The first-order valence-corrected chi connectivity index (χ1v) is 28.4. The molecule has 420 valence electrons. The molecule has 0 radical (unpaired) electrons. The van der Waals surface area contributed by atoms with Gasteiger partial charge >= 0.3 is 5.97 Å². The number of carbonyl (C=O) groups is 4. The van der Waals surface area contributed by atoms with Crippen LogP contribution in [0.1, 0.15) is 181 Å². The number of aliphatic hydroxyl groups excluding tert-OH is 1. The summed E-state index contributed by atoms with van der Waals surface area (Å²) >= 11 is 0. The van der Waals surface area contributed by atoms with E-state index in [0.29, 0.717) is 69.1 Å². The molecule has 0 unspecified atom stereocenters. The van der Waals surface area contributed by atoms with E-state index in [-0.39, 0.29) is 60.2 Å². The molecule has 2 bridgehead atoms. The number of Topliss-reactive ketones (excluding diaryl/α,β-unsaturated/α-hetero) is 2. The molecule has 1 amide bonds. The van der Waals surface area contributed by atoms with Crippen molar-refractivity contribution in [2.45, 2.75) is 234 Å². The van der Waals surface area contributed by atoms with Gasteiger partial charge < -0.3 is 38.4 Å². The van der Waals surface area contributed by atoms with E-state index in [1.807, 2.05) is 107 Å². The fourth-order valence-electron chi connectivity index (χ4n) is 11.7. The molecule has 1 saturated carbocycles. The number of nitrogens with zero attached hydrogens (tertiary/aromatic N) is 1. The maximum Gasteiger partial charge on any atom is 0.329 e. The summed E-state index contributed by atoms with van der Waals surface area (Å²) in [6, 6.07) is -1.04. The van der Waals surface area contributed by atoms with Crippen molar-refractivity contribution >= 4 is 23.4 Å². The molecule has 2 saturated heterocycles. The predicted octanol–water partition coefficient (Wildman–Crippen LogP) is 12.1. The molecule has 0 spiro atoms. The minimum absolute atomic E-state index is 0.0400. The Morgan fingerprint density at radius 1 is 0.851 bits per heavy atom. The van der Waals surface area contributed by atoms with Crippen molar-refractivity contribution in [1.82, 2.24) is 4.90 Å². The van der Waals surface area contributed by atoms with E-state index in [1.54, 1.807) is 7.11 Å². The van der Waals surface area contributed by atoms with Crippen LogP contribution in [0.2, 0.25) is 0 Å². The lowest BCUT2D eigenvalue weighted by atomic mass is 9.75. The number of aliphatic hydroxyl groups is 1. The first-order valence-electron chi connectivity index (χ1n) is 28.4. The van der Waals surface area contributed by atoms with Gasteiger partial charge in [0, 0.05) is 44.2 Å². The first-order chi connectivity index (χ1) is 34.6. The summed E-state index contributed by atoms with van der Waals surface area (Å²) < 4.78 is 38.2. The van der Waals surface area contributed by atoms with E-state index in [0.717, 1.165) is 43.3 Å². The van der Waals surface area contributed by atoms with Crippen LogP contribution in [0.4, 0.5) is 0 Å². The normalized spacial score (nSPS) is 37.4. The number of ketones is 2. The molecule has 74 heavy (non-hydrogen) atoms. The van der Waals surface area contributed by atoms with Gasteiger partial charge in [0.15, 0.2) is 0 Å². The highest BCUT2D eigenvalue weighted by molar-refractivity contribution is 6.39. The van der Waals surface area contributed by atoms with E-state index < -0.39 is 65.2 Å². The van der Waals surface area contributed by atoms with Crippen LogP contribution in [0.5, 0.6) is 0 Å². The molecule has 0 aromatic carbocycles. The highest BCUT2D eigenvalue weighted by Gasteiger charge is 2.57. The van der Waals surface area contributed by atoms with Gasteiger partial charge in [0.25, 0.3) is 11.7 Å². The Morgan fingerprint density at radius 2 is 1.55 bits per heavy atom. The monoisotopic (exact) mass is 1040 g/mol. The van der Waals surface area contributed by atoms with Gasteiger partial charge in [-0.25, -0.2) is 4.79 Å². The number of hydrogen-bond donors (Lipinski definition) is 1. The minimum Gasteiger partial charge on any atom is -0.460 e. The molecule has 3 heterocycles. The third-order valence-electron chi connectivity index (χ3n) is 16.3. The van der Waals surface area contributed by atoms with E-state index in [1.165, 1.54) is 4.90 Å². The Bertz CT molecular complexity index is 1990. The van der Waals surface area contributed by atoms with Crippen LogP contribution in [0.25, 0.3) is 0 Å². The van der Waals surface area contributed by atoms with E-state index in [2.05, 4.69) is 40.3 Å². The smallest absolute Gasteiger partial charge is 0.329 e. The number of hydrogen-bond acceptors (Lipinski definition) is 11. The van der Waals surface area contributed by atoms with Crippen molar-refractivity contribution in [2.75, 3.05) is 26.9 Å². The van der Waals surface area contributed by atoms with Crippen molar-refractivity contribution in [3.63, 3.8) is 0 Å². The molecule has 4 rings (SSSR count). The van der Waals surface area contributed by atoms with Crippen LogP contribution < -0.4 is 0 Å². The first kappa shape index (κ1) is 63.3. The number of rotatable bonds is 9. The van der Waals surface area contributed by atoms with Gasteiger partial charge in [0.05, 0.1) is 48.8 Å². The van der Waals surface area contributed by atoms with Crippen LogP contribution in [0, 0.1) is 47.3 Å². The van der Waals surface area contributed by atoms with E-state index in [9.17, 15) is 19.5 Å². The van der Waals surface area contributed by atoms with Gasteiger partial charge in [0.1, 0.15) is 17.9 Å². The summed E-state index contributed by atoms with van der Waals surface area (Å²) in [7, 11) is 1.66. The molecule has 0 aromatic rings. The Hall–Kier alpha value is -3.26. The third kappa shape index (κ3) is 18.5. The number of esters is 1. The molecule has 1 N–H and O–H groups in total. The van der Waals surface area contributed by atoms with Gasteiger partial charge in [-0.05, 0) is 160 Å². The Labute approximate surface area is 447 Å². The van der Waals surface area contributed by atoms with Gasteiger partial charge in [-0.15, -0.1) is 0 Å². The van der Waals surface area contributed by atoms with Crippen molar-refractivity contribution in [3.8, 4) is 0 Å². The summed E-state index contributed by atoms with van der Waals surface area (Å²) in [5.41, 5.74) is 1.52. The quantitative estimate of drug-likeness (QED) is 0.102. The largest absolute Gasteiger partial charge is 0.460 e. The zero-order valence-electron chi connectivity index (χ0n) is 48.8. The molecule has 15 atom stereocenters. The number of allylic oxidation sites excluding steroid dienone is 6. The summed E-state index contributed by atoms with van der Waals surface area (Å²) in [5.74, 6) is -4.82. The summed E-state index contributed by atoms with van der Waals surface area (Å²) in [4.78, 5) is 60.6. The maximum absolute atomic E-state index is 15.1. The average Bonchev–Trinajstić information content (AvgIpc) is 3.33. The second-order valence-electron chi connectivity index (χ2n) is 25.1. The summed E-state index contributed by atoms with van der Waals surface area (Å²) in [6.07, 6.45) is 17.3. The van der Waals surface area contributed by atoms with Gasteiger partial charge in [0.2, 0.25) is 5.79 Å². The second kappa shape index (κ2) is 28.4. The van der Waals surface area contributed by atoms with Crippen LogP contribution in [0.3, 0.4) is 0 Å². The Morgan fingerprint density at radius 3 is 2.20 bits per heavy atom. The number of amides is 1. The molecule has 1 aliphatic carbocycles. The number of ether oxygens (including phenoxy) is 6. The fraction of sp³-hybridized carbons (Fsp3) is 0.774. The molecule has 12 heteroatoms.